The van der Waals surface area contributed by atoms with E-state index in [4.69, 9.17) is 16.1 Å². The van der Waals surface area contributed by atoms with Gasteiger partial charge in [-0.25, -0.2) is 0 Å². The summed E-state index contributed by atoms with van der Waals surface area (Å²) in [6.07, 6.45) is 0. The fraction of sp³-hybridized carbons (Fsp3) is 0.304. The molecular formula is C23H24BrClN6O2. The summed E-state index contributed by atoms with van der Waals surface area (Å²) in [7, 11) is 0. The van der Waals surface area contributed by atoms with Gasteiger partial charge in [-0.2, -0.15) is 10.2 Å². The van der Waals surface area contributed by atoms with Crippen LogP contribution in [0.4, 0.5) is 5.69 Å². The van der Waals surface area contributed by atoms with Crippen molar-refractivity contribution in [3.63, 3.8) is 0 Å². The van der Waals surface area contributed by atoms with Gasteiger partial charge in [0.25, 0.3) is 5.91 Å². The van der Waals surface area contributed by atoms with Crippen molar-refractivity contribution in [2.75, 3.05) is 5.32 Å². The number of carbonyl (C=O) groups is 1. The van der Waals surface area contributed by atoms with Crippen LogP contribution < -0.4 is 5.32 Å². The second kappa shape index (κ2) is 9.15. The van der Waals surface area contributed by atoms with E-state index >= 15 is 0 Å². The molecule has 1 N–H and O–H groups in total. The smallest absolute Gasteiger partial charge is 0.278 e. The molecule has 172 valence electrons. The molecule has 0 aliphatic rings. The first kappa shape index (κ1) is 23.3. The molecular weight excluding hydrogens is 508 g/mol. The summed E-state index contributed by atoms with van der Waals surface area (Å²) >= 11 is 9.83. The normalized spacial score (nSPS) is 11.2. The van der Waals surface area contributed by atoms with Gasteiger partial charge in [-0.3, -0.25) is 14.2 Å². The number of aryl methyl sites for hydroxylation is 3. The van der Waals surface area contributed by atoms with Crippen LogP contribution in [-0.2, 0) is 13.1 Å². The van der Waals surface area contributed by atoms with Crippen molar-refractivity contribution in [3.05, 3.63) is 79.1 Å². The fourth-order valence-corrected chi connectivity index (χ4v) is 4.09. The van der Waals surface area contributed by atoms with E-state index in [9.17, 15) is 4.79 Å². The molecule has 0 spiro atoms. The van der Waals surface area contributed by atoms with E-state index in [1.165, 1.54) is 0 Å². The minimum absolute atomic E-state index is 0.226. The lowest BCUT2D eigenvalue weighted by molar-refractivity contribution is 0.101. The lowest BCUT2D eigenvalue weighted by Crippen LogP contribution is -2.16. The Morgan fingerprint density at radius 1 is 1.06 bits per heavy atom. The molecule has 33 heavy (non-hydrogen) atoms. The molecule has 3 heterocycles. The minimum atomic E-state index is -0.347. The average Bonchev–Trinajstić information content (AvgIpc) is 3.35. The van der Waals surface area contributed by atoms with Crippen LogP contribution in [0.15, 0.2) is 33.3 Å². The van der Waals surface area contributed by atoms with E-state index in [1.54, 1.807) is 11.6 Å². The molecule has 0 bridgehead atoms. The molecule has 0 fully saturated rings. The number of carbonyl (C=O) groups excluding carboxylic acids is 1. The Morgan fingerprint density at radius 3 is 2.39 bits per heavy atom. The van der Waals surface area contributed by atoms with Crippen LogP contribution in [0.5, 0.6) is 0 Å². The van der Waals surface area contributed by atoms with E-state index in [1.807, 2.05) is 56.6 Å². The Labute approximate surface area is 205 Å². The lowest BCUT2D eigenvalue weighted by Gasteiger charge is -2.09. The molecule has 0 radical (unpaired) electrons. The standard InChI is InChI=1S/C23H24BrClN6O2/c1-12-20(24)14(3)30(27-12)10-17-7-6-8-18(9-17)26-23(32)22-19(16(5)33-29-22)11-31-15(4)21(25)13(2)28-31/h6-9H,10-11H2,1-5H3,(H,26,32). The number of nitrogens with zero attached hydrogens (tertiary/aromatic N) is 5. The average molecular weight is 532 g/mol. The predicted octanol–water partition coefficient (Wildman–Crippen LogP) is 5.37. The summed E-state index contributed by atoms with van der Waals surface area (Å²) in [6.45, 7) is 10.4. The van der Waals surface area contributed by atoms with Gasteiger partial charge in [0.2, 0.25) is 0 Å². The Hall–Kier alpha value is -2.91. The van der Waals surface area contributed by atoms with Crippen molar-refractivity contribution in [3.8, 4) is 0 Å². The molecule has 0 saturated carbocycles. The van der Waals surface area contributed by atoms with Gasteiger partial charge in [0.05, 0.1) is 45.4 Å². The highest BCUT2D eigenvalue weighted by Gasteiger charge is 2.22. The first-order chi connectivity index (χ1) is 15.7. The molecule has 3 aromatic heterocycles. The van der Waals surface area contributed by atoms with Crippen LogP contribution in [0, 0.1) is 34.6 Å². The van der Waals surface area contributed by atoms with Gasteiger partial charge < -0.3 is 9.84 Å². The first-order valence-electron chi connectivity index (χ1n) is 10.4. The lowest BCUT2D eigenvalue weighted by atomic mass is 10.1. The molecule has 0 aliphatic carbocycles. The van der Waals surface area contributed by atoms with Crippen LogP contribution in [-0.4, -0.2) is 30.6 Å². The summed E-state index contributed by atoms with van der Waals surface area (Å²) in [4.78, 5) is 13.1. The summed E-state index contributed by atoms with van der Waals surface area (Å²) in [5, 5.41) is 16.5. The van der Waals surface area contributed by atoms with Gasteiger partial charge in [0.1, 0.15) is 5.76 Å². The Kier molecular flexibility index (Phi) is 6.45. The highest BCUT2D eigenvalue weighted by molar-refractivity contribution is 9.10. The van der Waals surface area contributed by atoms with Crippen molar-refractivity contribution < 1.29 is 9.32 Å². The van der Waals surface area contributed by atoms with Crippen molar-refractivity contribution >= 4 is 39.1 Å². The second-order valence-corrected chi connectivity index (χ2v) is 9.18. The molecule has 4 aromatic rings. The molecule has 10 heteroatoms. The molecule has 8 nitrogen and oxygen atoms in total. The Balaban J connectivity index is 1.54. The number of hydrogen-bond acceptors (Lipinski definition) is 5. The van der Waals surface area contributed by atoms with Gasteiger partial charge in [-0.1, -0.05) is 28.9 Å². The van der Waals surface area contributed by atoms with Gasteiger partial charge in [0.15, 0.2) is 5.69 Å². The van der Waals surface area contributed by atoms with Crippen LogP contribution >= 0.6 is 27.5 Å². The first-order valence-corrected chi connectivity index (χ1v) is 11.6. The van der Waals surface area contributed by atoms with E-state index in [0.29, 0.717) is 35.1 Å². The molecule has 0 aliphatic heterocycles. The summed E-state index contributed by atoms with van der Waals surface area (Å²) in [5.41, 5.74) is 6.12. The zero-order valence-electron chi connectivity index (χ0n) is 19.0. The number of halogens is 2. The van der Waals surface area contributed by atoms with Crippen molar-refractivity contribution in [1.29, 1.82) is 0 Å². The van der Waals surface area contributed by atoms with Crippen LogP contribution in [0.3, 0.4) is 0 Å². The van der Waals surface area contributed by atoms with E-state index in [2.05, 4.69) is 36.6 Å². The topological polar surface area (TPSA) is 90.8 Å². The molecule has 4 rings (SSSR count). The number of hydrogen-bond donors (Lipinski definition) is 1. The maximum Gasteiger partial charge on any atom is 0.278 e. The quantitative estimate of drug-likeness (QED) is 0.361. The van der Waals surface area contributed by atoms with E-state index in [-0.39, 0.29) is 11.6 Å². The molecule has 0 unspecified atom stereocenters. The third-order valence-corrected chi connectivity index (χ3v) is 7.31. The van der Waals surface area contributed by atoms with Gasteiger partial charge in [0, 0.05) is 11.3 Å². The number of nitrogens with one attached hydrogen (secondary N) is 1. The maximum absolute atomic E-state index is 13.1. The third kappa shape index (κ3) is 4.60. The highest BCUT2D eigenvalue weighted by atomic mass is 79.9. The fourth-order valence-electron chi connectivity index (χ4n) is 3.67. The zero-order chi connectivity index (χ0) is 23.9. The molecule has 1 aromatic carbocycles. The highest BCUT2D eigenvalue weighted by Crippen LogP contribution is 2.24. The minimum Gasteiger partial charge on any atom is -0.361 e. The van der Waals surface area contributed by atoms with Gasteiger partial charge >= 0.3 is 0 Å². The predicted molar refractivity (Wildman–Crippen MR) is 130 cm³/mol. The Bertz CT molecular complexity index is 1350. The number of rotatable bonds is 6. The second-order valence-electron chi connectivity index (χ2n) is 8.01. The SMILES string of the molecule is Cc1nn(Cc2c(C(=O)Nc3cccc(Cn4nc(C)c(Br)c4C)c3)noc2C)c(C)c1Cl. The van der Waals surface area contributed by atoms with Gasteiger partial charge in [-0.15, -0.1) is 0 Å². The maximum atomic E-state index is 13.1. The third-order valence-electron chi connectivity index (χ3n) is 5.61. The van der Waals surface area contributed by atoms with Gasteiger partial charge in [-0.05, 0) is 68.2 Å². The van der Waals surface area contributed by atoms with E-state index in [0.717, 1.165) is 32.8 Å². The molecule has 0 atom stereocenters. The number of aromatic nitrogens is 5. The number of anilines is 1. The number of amides is 1. The largest absolute Gasteiger partial charge is 0.361 e. The van der Waals surface area contributed by atoms with Crippen molar-refractivity contribution in [2.24, 2.45) is 0 Å². The Morgan fingerprint density at radius 2 is 1.76 bits per heavy atom. The zero-order valence-corrected chi connectivity index (χ0v) is 21.4. The van der Waals surface area contributed by atoms with Crippen molar-refractivity contribution in [2.45, 2.75) is 47.7 Å². The number of benzene rings is 1. The van der Waals surface area contributed by atoms with E-state index < -0.39 is 0 Å². The van der Waals surface area contributed by atoms with Crippen LogP contribution in [0.25, 0.3) is 0 Å². The van der Waals surface area contributed by atoms with Crippen LogP contribution in [0.2, 0.25) is 5.02 Å². The monoisotopic (exact) mass is 530 g/mol. The summed E-state index contributed by atoms with van der Waals surface area (Å²) in [6, 6.07) is 7.67. The van der Waals surface area contributed by atoms with Crippen molar-refractivity contribution in [1.82, 2.24) is 24.7 Å². The molecule has 0 saturated heterocycles. The summed E-state index contributed by atoms with van der Waals surface area (Å²) in [5.74, 6) is 0.216. The summed E-state index contributed by atoms with van der Waals surface area (Å²) < 4.78 is 10.0. The molecule has 1 amide bonds. The van der Waals surface area contributed by atoms with Crippen LogP contribution in [0.1, 0.15) is 50.2 Å².